The number of ether oxygens (including phenoxy) is 1. The first kappa shape index (κ1) is 14.9. The van der Waals surface area contributed by atoms with Gasteiger partial charge in [-0.25, -0.2) is 0 Å². The molecule has 2 nitrogen and oxygen atoms in total. The number of rotatable bonds is 7. The van der Waals surface area contributed by atoms with Crippen LogP contribution in [0, 0.1) is 0 Å². The van der Waals surface area contributed by atoms with E-state index in [1.54, 1.807) is 7.11 Å². The second kappa shape index (κ2) is 7.30. The van der Waals surface area contributed by atoms with Gasteiger partial charge in [0.05, 0.1) is 7.11 Å². The summed E-state index contributed by atoms with van der Waals surface area (Å²) in [6, 6.07) is 13.3. The van der Waals surface area contributed by atoms with Gasteiger partial charge in [0.2, 0.25) is 0 Å². The lowest BCUT2D eigenvalue weighted by Crippen LogP contribution is -2.19. The highest BCUT2D eigenvalue weighted by Crippen LogP contribution is 2.24. The van der Waals surface area contributed by atoms with Crippen LogP contribution in [-0.4, -0.2) is 13.7 Å². The van der Waals surface area contributed by atoms with Gasteiger partial charge in [0, 0.05) is 6.04 Å². The Labute approximate surface area is 122 Å². The summed E-state index contributed by atoms with van der Waals surface area (Å²) in [6.45, 7) is 5.56. The highest BCUT2D eigenvalue weighted by molar-refractivity contribution is 5.84. The lowest BCUT2D eigenvalue weighted by Gasteiger charge is -2.15. The molecule has 2 aromatic carbocycles. The zero-order valence-electron chi connectivity index (χ0n) is 12.8. The molecule has 0 radical (unpaired) electrons. The second-order valence-corrected chi connectivity index (χ2v) is 5.36. The number of hydrogen-bond donors (Lipinski definition) is 1. The molecule has 0 aliphatic rings. The minimum Gasteiger partial charge on any atom is -0.497 e. The summed E-state index contributed by atoms with van der Waals surface area (Å²) in [5, 5.41) is 6.09. The summed E-state index contributed by atoms with van der Waals surface area (Å²) < 4.78 is 5.26. The van der Waals surface area contributed by atoms with Crippen LogP contribution in [0.3, 0.4) is 0 Å². The van der Waals surface area contributed by atoms with Crippen LogP contribution in [0.5, 0.6) is 5.75 Å². The van der Waals surface area contributed by atoms with Crippen molar-refractivity contribution in [2.24, 2.45) is 0 Å². The average molecular weight is 271 g/mol. The number of methoxy groups -OCH3 is 1. The highest BCUT2D eigenvalue weighted by Gasteiger charge is 2.05. The fraction of sp³-hybridized carbons (Fsp3) is 0.444. The Morgan fingerprint density at radius 1 is 1.05 bits per heavy atom. The Morgan fingerprint density at radius 2 is 1.80 bits per heavy atom. The van der Waals surface area contributed by atoms with E-state index in [9.17, 15) is 0 Å². The molecule has 1 atom stereocenters. The van der Waals surface area contributed by atoms with Crippen LogP contribution >= 0.6 is 0 Å². The molecule has 0 aliphatic heterocycles. The fourth-order valence-electron chi connectivity index (χ4n) is 2.45. The van der Waals surface area contributed by atoms with Crippen molar-refractivity contribution in [1.82, 2.24) is 5.32 Å². The van der Waals surface area contributed by atoms with Gasteiger partial charge in [-0.05, 0) is 54.4 Å². The monoisotopic (exact) mass is 271 g/mol. The van der Waals surface area contributed by atoms with E-state index in [-0.39, 0.29) is 0 Å². The molecule has 0 saturated heterocycles. The topological polar surface area (TPSA) is 21.3 Å². The number of fused-ring (bicyclic) bond motifs is 1. The molecule has 0 spiro atoms. The molecule has 0 bridgehead atoms. The molecule has 1 unspecified atom stereocenters. The predicted octanol–water partition coefficient (Wildman–Crippen LogP) is 4.69. The van der Waals surface area contributed by atoms with E-state index in [0.717, 1.165) is 12.3 Å². The average Bonchev–Trinajstić information content (AvgIpc) is 2.50. The van der Waals surface area contributed by atoms with Crippen molar-refractivity contribution >= 4 is 10.8 Å². The van der Waals surface area contributed by atoms with Crippen molar-refractivity contribution in [1.29, 1.82) is 0 Å². The standard InChI is InChI=1S/C18H25NO/c1-4-5-6-11-19-14(2)15-7-8-17-13-18(20-3)10-9-16(17)12-15/h7-10,12-14,19H,4-6,11H2,1-3H3. The molecule has 0 fully saturated rings. The van der Waals surface area contributed by atoms with E-state index < -0.39 is 0 Å². The Balaban J connectivity index is 2.07. The van der Waals surface area contributed by atoms with Crippen LogP contribution in [0.4, 0.5) is 0 Å². The molecule has 0 aliphatic carbocycles. The normalized spacial score (nSPS) is 12.6. The van der Waals surface area contributed by atoms with Gasteiger partial charge in [-0.2, -0.15) is 0 Å². The van der Waals surface area contributed by atoms with Crippen LogP contribution in [0.25, 0.3) is 10.8 Å². The predicted molar refractivity (Wildman–Crippen MR) is 86.4 cm³/mol. The molecular weight excluding hydrogens is 246 g/mol. The van der Waals surface area contributed by atoms with Gasteiger partial charge in [-0.3, -0.25) is 0 Å². The van der Waals surface area contributed by atoms with E-state index in [0.29, 0.717) is 6.04 Å². The summed E-state index contributed by atoms with van der Waals surface area (Å²) in [4.78, 5) is 0. The maximum atomic E-state index is 5.26. The molecule has 2 rings (SSSR count). The molecule has 0 aromatic heterocycles. The molecule has 108 valence electrons. The van der Waals surface area contributed by atoms with Crippen molar-refractivity contribution < 1.29 is 4.74 Å². The van der Waals surface area contributed by atoms with E-state index in [2.05, 4.69) is 49.5 Å². The van der Waals surface area contributed by atoms with Gasteiger partial charge in [-0.15, -0.1) is 0 Å². The minimum absolute atomic E-state index is 0.401. The first-order valence-electron chi connectivity index (χ1n) is 7.55. The van der Waals surface area contributed by atoms with Crippen LogP contribution < -0.4 is 10.1 Å². The zero-order chi connectivity index (χ0) is 14.4. The van der Waals surface area contributed by atoms with E-state index in [1.165, 1.54) is 35.6 Å². The Kier molecular flexibility index (Phi) is 5.42. The van der Waals surface area contributed by atoms with Crippen LogP contribution in [0.15, 0.2) is 36.4 Å². The number of unbranched alkanes of at least 4 members (excludes halogenated alkanes) is 2. The third kappa shape index (κ3) is 3.73. The van der Waals surface area contributed by atoms with Gasteiger partial charge in [0.1, 0.15) is 5.75 Å². The first-order valence-corrected chi connectivity index (χ1v) is 7.55. The minimum atomic E-state index is 0.401. The molecule has 2 heteroatoms. The second-order valence-electron chi connectivity index (χ2n) is 5.36. The molecule has 1 N–H and O–H groups in total. The third-order valence-corrected chi connectivity index (χ3v) is 3.80. The van der Waals surface area contributed by atoms with Gasteiger partial charge in [-0.1, -0.05) is 38.0 Å². The summed E-state index contributed by atoms with van der Waals surface area (Å²) in [7, 11) is 1.71. The van der Waals surface area contributed by atoms with Crippen LogP contribution in [0.1, 0.15) is 44.7 Å². The Hall–Kier alpha value is -1.54. The maximum Gasteiger partial charge on any atom is 0.119 e. The zero-order valence-corrected chi connectivity index (χ0v) is 12.8. The van der Waals surface area contributed by atoms with E-state index in [4.69, 9.17) is 4.74 Å². The van der Waals surface area contributed by atoms with Crippen LogP contribution in [0.2, 0.25) is 0 Å². The summed E-state index contributed by atoms with van der Waals surface area (Å²) >= 11 is 0. The lowest BCUT2D eigenvalue weighted by molar-refractivity contribution is 0.415. The largest absolute Gasteiger partial charge is 0.497 e. The lowest BCUT2D eigenvalue weighted by atomic mass is 10.0. The number of benzene rings is 2. The van der Waals surface area contributed by atoms with Crippen molar-refractivity contribution in [3.8, 4) is 5.75 Å². The van der Waals surface area contributed by atoms with Crippen molar-refractivity contribution in [3.05, 3.63) is 42.0 Å². The maximum absolute atomic E-state index is 5.26. The number of nitrogens with one attached hydrogen (secondary N) is 1. The highest BCUT2D eigenvalue weighted by atomic mass is 16.5. The molecule has 0 heterocycles. The third-order valence-electron chi connectivity index (χ3n) is 3.80. The SMILES string of the molecule is CCCCCNC(C)c1ccc2cc(OC)ccc2c1. The summed E-state index contributed by atoms with van der Waals surface area (Å²) in [6.07, 6.45) is 3.83. The van der Waals surface area contributed by atoms with Gasteiger partial charge >= 0.3 is 0 Å². The smallest absolute Gasteiger partial charge is 0.119 e. The number of hydrogen-bond acceptors (Lipinski definition) is 2. The summed E-state index contributed by atoms with van der Waals surface area (Å²) in [5.41, 5.74) is 1.35. The Morgan fingerprint density at radius 3 is 2.55 bits per heavy atom. The summed E-state index contributed by atoms with van der Waals surface area (Å²) in [5.74, 6) is 0.913. The fourth-order valence-corrected chi connectivity index (χ4v) is 2.45. The molecule has 0 amide bonds. The first-order chi connectivity index (χ1) is 9.74. The van der Waals surface area contributed by atoms with E-state index in [1.807, 2.05) is 6.07 Å². The quantitative estimate of drug-likeness (QED) is 0.738. The van der Waals surface area contributed by atoms with Crippen LogP contribution in [-0.2, 0) is 0 Å². The molecular formula is C18H25NO. The Bertz CT molecular complexity index is 550. The molecule has 2 aromatic rings. The van der Waals surface area contributed by atoms with Crippen molar-refractivity contribution in [3.63, 3.8) is 0 Å². The van der Waals surface area contributed by atoms with E-state index >= 15 is 0 Å². The van der Waals surface area contributed by atoms with Gasteiger partial charge in [0.15, 0.2) is 0 Å². The van der Waals surface area contributed by atoms with Gasteiger partial charge < -0.3 is 10.1 Å². The molecule has 20 heavy (non-hydrogen) atoms. The molecule has 0 saturated carbocycles. The van der Waals surface area contributed by atoms with Crippen molar-refractivity contribution in [2.75, 3.05) is 13.7 Å². The van der Waals surface area contributed by atoms with Crippen molar-refractivity contribution in [2.45, 2.75) is 39.2 Å². The van der Waals surface area contributed by atoms with Gasteiger partial charge in [0.25, 0.3) is 0 Å².